The maximum absolute atomic E-state index is 13.6. The fraction of sp³-hybridized carbons (Fsp3) is 0.423. The van der Waals surface area contributed by atoms with Gasteiger partial charge >= 0.3 is 0 Å². The molecule has 0 N–H and O–H groups in total. The van der Waals surface area contributed by atoms with Crippen LogP contribution in [0.2, 0.25) is 0 Å². The molecule has 1 amide bonds. The molecule has 0 aliphatic carbocycles. The molecule has 2 aliphatic rings. The van der Waals surface area contributed by atoms with Crippen LogP contribution in [0.4, 0.5) is 4.39 Å². The molecule has 0 saturated carbocycles. The van der Waals surface area contributed by atoms with Gasteiger partial charge in [-0.2, -0.15) is 0 Å². The Morgan fingerprint density at radius 3 is 2.50 bits per heavy atom. The van der Waals surface area contributed by atoms with Gasteiger partial charge in [-0.3, -0.25) is 14.3 Å². The number of nitrogens with zero attached hydrogens (tertiary/aromatic N) is 5. The molecule has 2 aromatic carbocycles. The van der Waals surface area contributed by atoms with Crippen LogP contribution in [0.3, 0.4) is 0 Å². The van der Waals surface area contributed by atoms with Crippen molar-refractivity contribution in [1.29, 1.82) is 0 Å². The molecule has 0 spiro atoms. The third kappa shape index (κ3) is 4.88. The molecule has 1 fully saturated rings. The van der Waals surface area contributed by atoms with Crippen molar-refractivity contribution in [2.75, 3.05) is 25.4 Å². The predicted octanol–water partition coefficient (Wildman–Crippen LogP) is 4.63. The highest BCUT2D eigenvalue weighted by atomic mass is 32.2. The summed E-state index contributed by atoms with van der Waals surface area (Å²) in [7, 11) is 0. The second-order valence-corrected chi connectivity index (χ2v) is 9.99. The van der Waals surface area contributed by atoms with Crippen molar-refractivity contribution in [1.82, 2.24) is 24.6 Å². The average molecular weight is 480 g/mol. The minimum atomic E-state index is -0.280. The van der Waals surface area contributed by atoms with E-state index in [1.165, 1.54) is 54.3 Å². The SMILES string of the molecule is C[C@@H](c1nnc(SCC(=O)N2CCc3ccccc3C2)n1-c1ccc(F)cc1)N1CCCCC1. The Labute approximate surface area is 204 Å². The van der Waals surface area contributed by atoms with Crippen molar-refractivity contribution in [2.24, 2.45) is 0 Å². The number of piperidine rings is 1. The number of aromatic nitrogens is 3. The zero-order chi connectivity index (χ0) is 23.5. The van der Waals surface area contributed by atoms with E-state index >= 15 is 0 Å². The summed E-state index contributed by atoms with van der Waals surface area (Å²) in [5, 5.41) is 9.67. The smallest absolute Gasteiger partial charge is 0.233 e. The normalized spacial score (nSPS) is 17.4. The Morgan fingerprint density at radius 2 is 1.74 bits per heavy atom. The maximum atomic E-state index is 13.6. The molecule has 5 rings (SSSR count). The van der Waals surface area contributed by atoms with E-state index in [-0.39, 0.29) is 17.8 Å². The van der Waals surface area contributed by atoms with Crippen molar-refractivity contribution in [2.45, 2.75) is 50.4 Å². The Hall–Kier alpha value is -2.71. The van der Waals surface area contributed by atoms with Gasteiger partial charge in [0.2, 0.25) is 5.91 Å². The molecule has 178 valence electrons. The Kier molecular flexibility index (Phi) is 6.97. The number of halogens is 1. The van der Waals surface area contributed by atoms with Crippen LogP contribution < -0.4 is 0 Å². The fourth-order valence-electron chi connectivity index (χ4n) is 4.87. The third-order valence-electron chi connectivity index (χ3n) is 6.86. The van der Waals surface area contributed by atoms with Crippen LogP contribution >= 0.6 is 11.8 Å². The van der Waals surface area contributed by atoms with Crippen molar-refractivity contribution in [3.05, 3.63) is 71.3 Å². The first-order chi connectivity index (χ1) is 16.6. The molecular weight excluding hydrogens is 449 g/mol. The van der Waals surface area contributed by atoms with Gasteiger partial charge in [-0.15, -0.1) is 10.2 Å². The average Bonchev–Trinajstić information content (AvgIpc) is 3.31. The molecule has 8 heteroatoms. The van der Waals surface area contributed by atoms with E-state index in [4.69, 9.17) is 0 Å². The number of carbonyl (C=O) groups excluding carboxylic acids is 1. The summed E-state index contributed by atoms with van der Waals surface area (Å²) in [4.78, 5) is 17.4. The minimum Gasteiger partial charge on any atom is -0.337 e. The van der Waals surface area contributed by atoms with Gasteiger partial charge in [0.15, 0.2) is 11.0 Å². The van der Waals surface area contributed by atoms with Crippen LogP contribution in [-0.4, -0.2) is 55.9 Å². The molecule has 0 unspecified atom stereocenters. The van der Waals surface area contributed by atoms with Gasteiger partial charge in [-0.1, -0.05) is 42.4 Å². The van der Waals surface area contributed by atoms with Crippen LogP contribution in [0.1, 0.15) is 49.2 Å². The van der Waals surface area contributed by atoms with Gasteiger partial charge in [-0.05, 0) is 74.7 Å². The standard InChI is InChI=1S/C26H30FN5OS/c1-19(30-14-5-2-6-15-30)25-28-29-26(32(25)23-11-9-22(27)10-12-23)34-18-24(33)31-16-13-20-7-3-4-8-21(20)17-31/h3-4,7-12,19H,2,5-6,13-18H2,1H3/t19-/m0/s1. The zero-order valence-corrected chi connectivity index (χ0v) is 20.3. The van der Waals surface area contributed by atoms with Crippen LogP contribution in [0.5, 0.6) is 0 Å². The van der Waals surface area contributed by atoms with Crippen LogP contribution in [0, 0.1) is 5.82 Å². The number of rotatable bonds is 6. The number of carbonyl (C=O) groups is 1. The van der Waals surface area contributed by atoms with Gasteiger partial charge in [-0.25, -0.2) is 4.39 Å². The van der Waals surface area contributed by atoms with Gasteiger partial charge in [0.1, 0.15) is 5.82 Å². The van der Waals surface area contributed by atoms with Crippen molar-refractivity contribution >= 4 is 17.7 Å². The van der Waals surface area contributed by atoms with E-state index in [2.05, 4.69) is 40.2 Å². The van der Waals surface area contributed by atoms with Crippen molar-refractivity contribution in [3.63, 3.8) is 0 Å². The largest absolute Gasteiger partial charge is 0.337 e. The number of thioether (sulfide) groups is 1. The number of likely N-dealkylation sites (tertiary alicyclic amines) is 1. The van der Waals surface area contributed by atoms with E-state index in [0.29, 0.717) is 17.5 Å². The van der Waals surface area contributed by atoms with Gasteiger partial charge < -0.3 is 4.90 Å². The second-order valence-electron chi connectivity index (χ2n) is 9.05. The van der Waals surface area contributed by atoms with Crippen LogP contribution in [0.15, 0.2) is 53.7 Å². The van der Waals surface area contributed by atoms with E-state index in [9.17, 15) is 9.18 Å². The lowest BCUT2D eigenvalue weighted by atomic mass is 10.00. The minimum absolute atomic E-state index is 0.0847. The fourth-order valence-corrected chi connectivity index (χ4v) is 5.74. The Balaban J connectivity index is 1.35. The molecule has 1 atom stereocenters. The monoisotopic (exact) mass is 479 g/mol. The first kappa shape index (κ1) is 23.1. The first-order valence-electron chi connectivity index (χ1n) is 12.0. The maximum Gasteiger partial charge on any atom is 0.233 e. The number of amides is 1. The summed E-state index contributed by atoms with van der Waals surface area (Å²) in [6.07, 6.45) is 4.52. The van der Waals surface area contributed by atoms with E-state index in [1.807, 2.05) is 15.5 Å². The summed E-state index contributed by atoms with van der Waals surface area (Å²) >= 11 is 1.40. The molecule has 1 aromatic heterocycles. The molecule has 6 nitrogen and oxygen atoms in total. The molecule has 3 heterocycles. The zero-order valence-electron chi connectivity index (χ0n) is 19.5. The van der Waals surface area contributed by atoms with E-state index in [0.717, 1.165) is 37.6 Å². The summed E-state index contributed by atoms with van der Waals surface area (Å²) < 4.78 is 15.6. The van der Waals surface area contributed by atoms with Gasteiger partial charge in [0.05, 0.1) is 11.8 Å². The number of hydrogen-bond donors (Lipinski definition) is 0. The molecule has 34 heavy (non-hydrogen) atoms. The Morgan fingerprint density at radius 1 is 1.00 bits per heavy atom. The summed E-state index contributed by atoms with van der Waals surface area (Å²) in [6, 6.07) is 14.8. The molecule has 3 aromatic rings. The summed E-state index contributed by atoms with van der Waals surface area (Å²) in [5.41, 5.74) is 3.36. The van der Waals surface area contributed by atoms with E-state index in [1.54, 1.807) is 12.1 Å². The van der Waals surface area contributed by atoms with E-state index < -0.39 is 0 Å². The lowest BCUT2D eigenvalue weighted by Gasteiger charge is -2.32. The highest BCUT2D eigenvalue weighted by Gasteiger charge is 2.27. The van der Waals surface area contributed by atoms with Crippen molar-refractivity contribution < 1.29 is 9.18 Å². The lowest BCUT2D eigenvalue weighted by Crippen LogP contribution is -2.37. The van der Waals surface area contributed by atoms with Gasteiger partial charge in [0.25, 0.3) is 0 Å². The number of hydrogen-bond acceptors (Lipinski definition) is 5. The molecule has 2 aliphatic heterocycles. The molecular formula is C26H30FN5OS. The highest BCUT2D eigenvalue weighted by Crippen LogP contribution is 2.30. The van der Waals surface area contributed by atoms with Crippen LogP contribution in [0.25, 0.3) is 5.69 Å². The molecule has 0 radical (unpaired) electrons. The van der Waals surface area contributed by atoms with Gasteiger partial charge in [0, 0.05) is 18.8 Å². The second kappa shape index (κ2) is 10.3. The number of fused-ring (bicyclic) bond motifs is 1. The number of benzene rings is 2. The summed E-state index contributed by atoms with van der Waals surface area (Å²) in [6.45, 7) is 5.61. The molecule has 0 bridgehead atoms. The predicted molar refractivity (Wildman–Crippen MR) is 131 cm³/mol. The summed E-state index contributed by atoms with van der Waals surface area (Å²) in [5.74, 6) is 0.936. The quantitative estimate of drug-likeness (QED) is 0.483. The third-order valence-corrected chi connectivity index (χ3v) is 7.78. The molecule has 1 saturated heterocycles. The Bertz CT molecular complexity index is 1140. The topological polar surface area (TPSA) is 54.3 Å². The lowest BCUT2D eigenvalue weighted by molar-refractivity contribution is -0.129. The van der Waals surface area contributed by atoms with Crippen LogP contribution in [-0.2, 0) is 17.8 Å². The van der Waals surface area contributed by atoms with Crippen molar-refractivity contribution in [3.8, 4) is 5.69 Å². The first-order valence-corrected chi connectivity index (χ1v) is 13.0. The highest BCUT2D eigenvalue weighted by molar-refractivity contribution is 7.99.